The lowest BCUT2D eigenvalue weighted by molar-refractivity contribution is -0.385. The van der Waals surface area contributed by atoms with E-state index in [1.807, 2.05) is 13.0 Å². The number of hydrogen-bond acceptors (Lipinski definition) is 6. The Hall–Kier alpha value is -3.09. The molecule has 0 radical (unpaired) electrons. The van der Waals surface area contributed by atoms with Gasteiger partial charge in [0.2, 0.25) is 0 Å². The second-order valence-electron chi connectivity index (χ2n) is 5.12. The SMILES string of the molecule is COc1cc(C)ccc1OCC(=O)Oc1ccc([N+](=O)[O-])c(C)c1. The topological polar surface area (TPSA) is 87.9 Å². The van der Waals surface area contributed by atoms with Gasteiger partial charge in [-0.15, -0.1) is 0 Å². The normalized spacial score (nSPS) is 10.1. The van der Waals surface area contributed by atoms with Gasteiger partial charge in [-0.1, -0.05) is 6.07 Å². The van der Waals surface area contributed by atoms with E-state index in [1.54, 1.807) is 19.1 Å². The Morgan fingerprint density at radius 1 is 1.12 bits per heavy atom. The monoisotopic (exact) mass is 331 g/mol. The molecule has 0 amide bonds. The molecule has 7 nitrogen and oxygen atoms in total. The molecule has 0 aliphatic carbocycles. The van der Waals surface area contributed by atoms with Gasteiger partial charge in [0.25, 0.3) is 5.69 Å². The number of benzene rings is 2. The molecule has 2 aromatic rings. The number of hydrogen-bond donors (Lipinski definition) is 0. The summed E-state index contributed by atoms with van der Waals surface area (Å²) in [6, 6.07) is 9.43. The van der Waals surface area contributed by atoms with Gasteiger partial charge < -0.3 is 14.2 Å². The van der Waals surface area contributed by atoms with E-state index in [2.05, 4.69) is 0 Å². The van der Waals surface area contributed by atoms with Crippen LogP contribution in [-0.4, -0.2) is 24.6 Å². The van der Waals surface area contributed by atoms with E-state index >= 15 is 0 Å². The number of ether oxygens (including phenoxy) is 3. The van der Waals surface area contributed by atoms with Crippen molar-refractivity contribution in [1.29, 1.82) is 0 Å². The third kappa shape index (κ3) is 4.22. The Balaban J connectivity index is 1.99. The minimum atomic E-state index is -0.620. The molecule has 0 fully saturated rings. The molecule has 0 saturated heterocycles. The zero-order valence-corrected chi connectivity index (χ0v) is 13.6. The maximum absolute atomic E-state index is 11.9. The number of esters is 1. The van der Waals surface area contributed by atoms with Crippen molar-refractivity contribution in [1.82, 2.24) is 0 Å². The van der Waals surface area contributed by atoms with Crippen molar-refractivity contribution >= 4 is 11.7 Å². The van der Waals surface area contributed by atoms with Crippen molar-refractivity contribution in [2.24, 2.45) is 0 Å². The molecule has 0 spiro atoms. The zero-order valence-electron chi connectivity index (χ0n) is 13.6. The molecular formula is C17H17NO6. The first-order chi connectivity index (χ1) is 11.4. The Labute approximate surface area is 138 Å². The summed E-state index contributed by atoms with van der Waals surface area (Å²) in [4.78, 5) is 22.1. The second-order valence-corrected chi connectivity index (χ2v) is 5.12. The van der Waals surface area contributed by atoms with Gasteiger partial charge in [-0.3, -0.25) is 10.1 Å². The molecule has 2 aromatic carbocycles. The first kappa shape index (κ1) is 17.3. The number of methoxy groups -OCH3 is 1. The van der Waals surface area contributed by atoms with Gasteiger partial charge in [-0.2, -0.15) is 0 Å². The fourth-order valence-corrected chi connectivity index (χ4v) is 2.09. The molecule has 0 aliphatic rings. The van der Waals surface area contributed by atoms with E-state index < -0.39 is 10.9 Å². The van der Waals surface area contributed by atoms with Gasteiger partial charge in [0, 0.05) is 11.6 Å². The summed E-state index contributed by atoms with van der Waals surface area (Å²) in [5.74, 6) is 0.558. The van der Waals surface area contributed by atoms with Crippen molar-refractivity contribution < 1.29 is 23.9 Å². The van der Waals surface area contributed by atoms with Crippen LogP contribution in [-0.2, 0) is 4.79 Å². The number of nitrogens with zero attached hydrogens (tertiary/aromatic N) is 1. The van der Waals surface area contributed by atoms with E-state index in [9.17, 15) is 14.9 Å². The summed E-state index contributed by atoms with van der Waals surface area (Å²) in [6.45, 7) is 3.18. The van der Waals surface area contributed by atoms with Gasteiger partial charge in [0.15, 0.2) is 18.1 Å². The van der Waals surface area contributed by atoms with Crippen LogP contribution in [0.4, 0.5) is 5.69 Å². The molecular weight excluding hydrogens is 314 g/mol. The minimum Gasteiger partial charge on any atom is -0.493 e. The number of nitro groups is 1. The molecule has 2 rings (SSSR count). The lowest BCUT2D eigenvalue weighted by Gasteiger charge is -2.11. The van der Waals surface area contributed by atoms with Crippen molar-refractivity contribution in [3.05, 3.63) is 57.6 Å². The van der Waals surface area contributed by atoms with E-state index in [4.69, 9.17) is 14.2 Å². The van der Waals surface area contributed by atoms with E-state index in [0.717, 1.165) is 5.56 Å². The van der Waals surface area contributed by atoms with Crippen LogP contribution < -0.4 is 14.2 Å². The third-order valence-electron chi connectivity index (χ3n) is 3.26. The molecule has 0 aromatic heterocycles. The van der Waals surface area contributed by atoms with Gasteiger partial charge in [-0.05, 0) is 43.7 Å². The van der Waals surface area contributed by atoms with E-state index in [1.165, 1.54) is 25.3 Å². The lowest BCUT2D eigenvalue weighted by atomic mass is 10.2. The molecule has 0 saturated carbocycles. The average molecular weight is 331 g/mol. The molecule has 126 valence electrons. The lowest BCUT2D eigenvalue weighted by Crippen LogP contribution is -2.18. The van der Waals surface area contributed by atoms with Crippen molar-refractivity contribution in [2.45, 2.75) is 13.8 Å². The first-order valence-electron chi connectivity index (χ1n) is 7.14. The van der Waals surface area contributed by atoms with E-state index in [0.29, 0.717) is 17.1 Å². The van der Waals surface area contributed by atoms with Crippen molar-refractivity contribution in [3.8, 4) is 17.2 Å². The number of nitro benzene ring substituents is 1. The Morgan fingerprint density at radius 2 is 1.88 bits per heavy atom. The molecule has 0 heterocycles. The highest BCUT2D eigenvalue weighted by Gasteiger charge is 2.14. The number of aryl methyl sites for hydroxylation is 2. The fourth-order valence-electron chi connectivity index (χ4n) is 2.09. The Kier molecular flexibility index (Phi) is 5.36. The summed E-state index contributed by atoms with van der Waals surface area (Å²) in [5, 5.41) is 10.8. The summed E-state index contributed by atoms with van der Waals surface area (Å²) in [6.07, 6.45) is 0. The molecule has 0 bridgehead atoms. The fraction of sp³-hybridized carbons (Fsp3) is 0.235. The first-order valence-corrected chi connectivity index (χ1v) is 7.14. The Bertz CT molecular complexity index is 772. The van der Waals surface area contributed by atoms with Crippen molar-refractivity contribution in [3.63, 3.8) is 0 Å². The van der Waals surface area contributed by atoms with Crippen molar-refractivity contribution in [2.75, 3.05) is 13.7 Å². The number of rotatable bonds is 6. The van der Waals surface area contributed by atoms with E-state index in [-0.39, 0.29) is 18.0 Å². The van der Waals surface area contributed by atoms with Gasteiger partial charge in [-0.25, -0.2) is 4.79 Å². The van der Waals surface area contributed by atoms with Crippen LogP contribution in [0.3, 0.4) is 0 Å². The smallest absolute Gasteiger partial charge is 0.349 e. The highest BCUT2D eigenvalue weighted by atomic mass is 16.6. The quantitative estimate of drug-likeness (QED) is 0.349. The second kappa shape index (κ2) is 7.45. The highest BCUT2D eigenvalue weighted by Crippen LogP contribution is 2.28. The Morgan fingerprint density at radius 3 is 2.50 bits per heavy atom. The molecule has 0 unspecified atom stereocenters. The van der Waals surface area contributed by atoms with Crippen LogP contribution in [0, 0.1) is 24.0 Å². The van der Waals surface area contributed by atoms with Gasteiger partial charge >= 0.3 is 5.97 Å². The van der Waals surface area contributed by atoms with Crippen LogP contribution in [0.2, 0.25) is 0 Å². The summed E-state index contributed by atoms with van der Waals surface area (Å²) in [5.41, 5.74) is 1.38. The number of carbonyl (C=O) groups is 1. The van der Waals surface area contributed by atoms with Crippen LogP contribution in [0.15, 0.2) is 36.4 Å². The predicted octanol–water partition coefficient (Wildman–Crippen LogP) is 3.20. The van der Waals surface area contributed by atoms with Crippen LogP contribution >= 0.6 is 0 Å². The maximum Gasteiger partial charge on any atom is 0.349 e. The third-order valence-corrected chi connectivity index (χ3v) is 3.26. The minimum absolute atomic E-state index is 0.0320. The molecule has 0 N–H and O–H groups in total. The zero-order chi connectivity index (χ0) is 17.7. The predicted molar refractivity (Wildman–Crippen MR) is 86.7 cm³/mol. The average Bonchev–Trinajstić information content (AvgIpc) is 2.53. The number of carbonyl (C=O) groups excluding carboxylic acids is 1. The molecule has 7 heteroatoms. The maximum atomic E-state index is 11.9. The summed E-state index contributed by atoms with van der Waals surface area (Å²) >= 11 is 0. The molecule has 24 heavy (non-hydrogen) atoms. The van der Waals surface area contributed by atoms with Gasteiger partial charge in [0.1, 0.15) is 5.75 Å². The summed E-state index contributed by atoms with van der Waals surface area (Å²) < 4.78 is 15.7. The summed E-state index contributed by atoms with van der Waals surface area (Å²) in [7, 11) is 1.51. The van der Waals surface area contributed by atoms with Crippen LogP contribution in [0.5, 0.6) is 17.2 Å². The largest absolute Gasteiger partial charge is 0.493 e. The van der Waals surface area contributed by atoms with Crippen LogP contribution in [0.25, 0.3) is 0 Å². The standard InChI is InChI=1S/C17H17NO6/c1-11-4-7-15(16(8-11)22-3)23-10-17(19)24-13-5-6-14(18(20)21)12(2)9-13/h4-9H,10H2,1-3H3. The van der Waals surface area contributed by atoms with Gasteiger partial charge in [0.05, 0.1) is 12.0 Å². The molecule has 0 aliphatic heterocycles. The van der Waals surface area contributed by atoms with Crippen LogP contribution in [0.1, 0.15) is 11.1 Å². The molecule has 0 atom stereocenters. The highest BCUT2D eigenvalue weighted by molar-refractivity contribution is 5.74.